The van der Waals surface area contributed by atoms with Gasteiger partial charge in [0, 0.05) is 0 Å². The molecule has 7 heteroatoms. The molecular formula is C18H17N5OS. The molecule has 0 fully saturated rings. The fourth-order valence-corrected chi connectivity index (χ4v) is 3.23. The molecule has 3 rings (SSSR count). The Bertz CT molecular complexity index is 868. The van der Waals surface area contributed by atoms with Gasteiger partial charge >= 0.3 is 0 Å². The van der Waals surface area contributed by atoms with Gasteiger partial charge in [-0.15, -0.1) is 5.10 Å². The summed E-state index contributed by atoms with van der Waals surface area (Å²) < 4.78 is 6.79. The molecule has 1 atom stereocenters. The van der Waals surface area contributed by atoms with Crippen molar-refractivity contribution in [2.24, 2.45) is 0 Å². The van der Waals surface area contributed by atoms with Gasteiger partial charge in [0.05, 0.1) is 18.9 Å². The topological polar surface area (TPSA) is 76.6 Å². The summed E-state index contributed by atoms with van der Waals surface area (Å²) in [6.07, 6.45) is 0.636. The molecule has 25 heavy (non-hydrogen) atoms. The van der Waals surface area contributed by atoms with E-state index >= 15 is 0 Å². The van der Waals surface area contributed by atoms with Crippen molar-refractivity contribution >= 4 is 11.8 Å². The van der Waals surface area contributed by atoms with Crippen molar-refractivity contribution in [2.45, 2.75) is 23.8 Å². The van der Waals surface area contributed by atoms with Crippen LogP contribution in [0.3, 0.4) is 0 Å². The molecule has 1 aromatic heterocycles. The first-order valence-electron chi connectivity index (χ1n) is 7.74. The van der Waals surface area contributed by atoms with E-state index in [1.165, 1.54) is 17.3 Å². The highest BCUT2D eigenvalue weighted by atomic mass is 32.2. The van der Waals surface area contributed by atoms with Gasteiger partial charge in [-0.3, -0.25) is 0 Å². The lowest BCUT2D eigenvalue weighted by Crippen LogP contribution is -2.07. The average molecular weight is 351 g/mol. The lowest BCUT2D eigenvalue weighted by Gasteiger charge is -2.09. The lowest BCUT2D eigenvalue weighted by atomic mass is 10.1. The van der Waals surface area contributed by atoms with Crippen LogP contribution >= 0.6 is 11.8 Å². The zero-order valence-corrected chi connectivity index (χ0v) is 14.8. The van der Waals surface area contributed by atoms with Crippen LogP contribution in [0, 0.1) is 18.3 Å². The number of nitrogens with zero attached hydrogens (tertiary/aromatic N) is 5. The maximum absolute atomic E-state index is 9.51. The number of aryl methyl sites for hydroxylation is 1. The number of aromatic nitrogens is 4. The minimum atomic E-state index is -0.272. The second-order valence-electron chi connectivity index (χ2n) is 5.50. The van der Waals surface area contributed by atoms with Gasteiger partial charge in [-0.1, -0.05) is 41.6 Å². The molecule has 0 radical (unpaired) electrons. The lowest BCUT2D eigenvalue weighted by molar-refractivity contribution is 0.414. The van der Waals surface area contributed by atoms with Crippen molar-refractivity contribution in [1.82, 2.24) is 20.2 Å². The van der Waals surface area contributed by atoms with Gasteiger partial charge in [0.15, 0.2) is 0 Å². The zero-order valence-electron chi connectivity index (χ0n) is 14.0. The smallest absolute Gasteiger partial charge is 0.215 e. The van der Waals surface area contributed by atoms with Crippen LogP contribution in [0.2, 0.25) is 0 Å². The molecule has 6 nitrogen and oxygen atoms in total. The molecule has 0 saturated carbocycles. The van der Waals surface area contributed by atoms with Crippen molar-refractivity contribution < 1.29 is 4.74 Å². The second-order valence-corrected chi connectivity index (χ2v) is 6.67. The number of thioether (sulfide) groups is 1. The molecule has 0 spiro atoms. The van der Waals surface area contributed by atoms with Crippen LogP contribution in [0.4, 0.5) is 0 Å². The van der Waals surface area contributed by atoms with E-state index in [1.54, 1.807) is 11.8 Å². The normalized spacial score (nSPS) is 11.7. The maximum Gasteiger partial charge on any atom is 0.215 e. The third kappa shape index (κ3) is 4.17. The van der Waals surface area contributed by atoms with E-state index in [-0.39, 0.29) is 5.25 Å². The Morgan fingerprint density at radius 3 is 2.52 bits per heavy atom. The molecule has 0 N–H and O–H groups in total. The standard InChI is InChI=1S/C18H17N5OS/c1-13-3-5-14(6-4-13)11-17(12-19)25-18-20-21-22-23(18)15-7-9-16(24-2)10-8-15/h3-10,17H,11H2,1-2H3. The summed E-state index contributed by atoms with van der Waals surface area (Å²) in [7, 11) is 1.62. The van der Waals surface area contributed by atoms with E-state index in [0.29, 0.717) is 11.6 Å². The number of hydrogen-bond donors (Lipinski definition) is 0. The minimum Gasteiger partial charge on any atom is -0.497 e. The molecule has 1 heterocycles. The molecule has 0 aliphatic carbocycles. The maximum atomic E-state index is 9.51. The Morgan fingerprint density at radius 1 is 1.16 bits per heavy atom. The van der Waals surface area contributed by atoms with Crippen molar-refractivity contribution in [2.75, 3.05) is 7.11 Å². The summed E-state index contributed by atoms with van der Waals surface area (Å²) in [4.78, 5) is 0. The van der Waals surface area contributed by atoms with Crippen LogP contribution in [0.25, 0.3) is 5.69 Å². The first-order valence-corrected chi connectivity index (χ1v) is 8.62. The predicted molar refractivity (Wildman–Crippen MR) is 95.8 cm³/mol. The van der Waals surface area contributed by atoms with E-state index in [9.17, 15) is 5.26 Å². The Kier molecular flexibility index (Phi) is 5.31. The molecule has 0 aliphatic rings. The summed E-state index contributed by atoms with van der Waals surface area (Å²) in [6.45, 7) is 2.04. The number of tetrazole rings is 1. The summed E-state index contributed by atoms with van der Waals surface area (Å²) in [5.74, 6) is 0.764. The number of nitriles is 1. The van der Waals surface area contributed by atoms with Crippen LogP contribution in [0.15, 0.2) is 53.7 Å². The molecule has 1 unspecified atom stereocenters. The van der Waals surface area contributed by atoms with Crippen molar-refractivity contribution in [3.63, 3.8) is 0 Å². The molecule has 0 bridgehead atoms. The first-order chi connectivity index (χ1) is 12.2. The Hall–Kier alpha value is -2.85. The predicted octanol–water partition coefficient (Wildman–Crippen LogP) is 3.21. The Balaban J connectivity index is 1.76. The molecule has 126 valence electrons. The van der Waals surface area contributed by atoms with Gasteiger partial charge < -0.3 is 4.74 Å². The second kappa shape index (κ2) is 7.81. The van der Waals surface area contributed by atoms with Gasteiger partial charge in [-0.05, 0) is 53.6 Å². The molecule has 0 saturated heterocycles. The minimum absolute atomic E-state index is 0.272. The molecule has 3 aromatic rings. The third-order valence-electron chi connectivity index (χ3n) is 3.69. The van der Waals surface area contributed by atoms with Crippen molar-refractivity contribution in [3.8, 4) is 17.5 Å². The van der Waals surface area contributed by atoms with Gasteiger partial charge in [0.25, 0.3) is 0 Å². The van der Waals surface area contributed by atoms with Crippen LogP contribution < -0.4 is 4.74 Å². The SMILES string of the molecule is COc1ccc(-n2nnnc2SC(C#N)Cc2ccc(C)cc2)cc1. The van der Waals surface area contributed by atoms with Crippen molar-refractivity contribution in [1.29, 1.82) is 5.26 Å². The van der Waals surface area contributed by atoms with Crippen LogP contribution in [-0.2, 0) is 6.42 Å². The fraction of sp³-hybridized carbons (Fsp3) is 0.222. The Morgan fingerprint density at radius 2 is 1.88 bits per heavy atom. The fourth-order valence-electron chi connectivity index (χ4n) is 2.32. The van der Waals surface area contributed by atoms with Crippen LogP contribution in [0.5, 0.6) is 5.75 Å². The van der Waals surface area contributed by atoms with E-state index in [2.05, 4.69) is 33.7 Å². The summed E-state index contributed by atoms with van der Waals surface area (Å²) in [6, 6.07) is 18.0. The van der Waals surface area contributed by atoms with E-state index < -0.39 is 0 Å². The van der Waals surface area contributed by atoms with Crippen LogP contribution in [-0.4, -0.2) is 32.6 Å². The van der Waals surface area contributed by atoms with Crippen LogP contribution in [0.1, 0.15) is 11.1 Å². The summed E-state index contributed by atoms with van der Waals surface area (Å²) in [5.41, 5.74) is 3.14. The number of benzene rings is 2. The summed E-state index contributed by atoms with van der Waals surface area (Å²) in [5, 5.41) is 21.7. The highest BCUT2D eigenvalue weighted by molar-refractivity contribution is 8.00. The number of rotatable bonds is 6. The Labute approximate surface area is 150 Å². The zero-order chi connectivity index (χ0) is 17.6. The highest BCUT2D eigenvalue weighted by Crippen LogP contribution is 2.26. The van der Waals surface area contributed by atoms with Gasteiger partial charge in [-0.25, -0.2) is 0 Å². The van der Waals surface area contributed by atoms with Gasteiger partial charge in [0.1, 0.15) is 11.0 Å². The highest BCUT2D eigenvalue weighted by Gasteiger charge is 2.17. The largest absolute Gasteiger partial charge is 0.497 e. The quantitative estimate of drug-likeness (QED) is 0.635. The molecule has 0 aliphatic heterocycles. The molecular weight excluding hydrogens is 334 g/mol. The number of methoxy groups -OCH3 is 1. The third-order valence-corrected chi connectivity index (χ3v) is 4.71. The first kappa shape index (κ1) is 17.0. The number of hydrogen-bond acceptors (Lipinski definition) is 6. The van der Waals surface area contributed by atoms with E-state index in [0.717, 1.165) is 17.0 Å². The monoisotopic (exact) mass is 351 g/mol. The van der Waals surface area contributed by atoms with Crippen molar-refractivity contribution in [3.05, 3.63) is 59.7 Å². The molecule has 2 aromatic carbocycles. The van der Waals surface area contributed by atoms with E-state index in [1.807, 2.05) is 43.3 Å². The average Bonchev–Trinajstić information content (AvgIpc) is 3.11. The van der Waals surface area contributed by atoms with Gasteiger partial charge in [0.2, 0.25) is 5.16 Å². The van der Waals surface area contributed by atoms with E-state index in [4.69, 9.17) is 4.74 Å². The summed E-state index contributed by atoms with van der Waals surface area (Å²) >= 11 is 1.36. The number of ether oxygens (including phenoxy) is 1. The van der Waals surface area contributed by atoms with Gasteiger partial charge in [-0.2, -0.15) is 9.94 Å². The molecule has 0 amide bonds.